The molecule has 0 fully saturated rings. The highest BCUT2D eigenvalue weighted by Crippen LogP contribution is 2.24. The van der Waals surface area contributed by atoms with E-state index in [1.165, 1.54) is 76.2 Å². The maximum Gasteiger partial charge on any atom is 0.343 e. The van der Waals surface area contributed by atoms with Crippen LogP contribution in [0.15, 0.2) is 137 Å². The Hall–Kier alpha value is -5.89. The Balaban J connectivity index is 1.04. The summed E-state index contributed by atoms with van der Waals surface area (Å²) in [6.07, 6.45) is 17.8. The van der Waals surface area contributed by atoms with Gasteiger partial charge in [0, 0.05) is 6.21 Å². The van der Waals surface area contributed by atoms with E-state index >= 15 is 0 Å². The molecule has 0 radical (unpaired) electrons. The molecule has 5 rings (SSSR count). The molecular weight excluding hydrogens is 711 g/mol. The fraction of sp³-hybridized carbons (Fsp3) is 0.327. The predicted octanol–water partition coefficient (Wildman–Crippen LogP) is 13.9. The first-order valence-corrected chi connectivity index (χ1v) is 20.5. The summed E-state index contributed by atoms with van der Waals surface area (Å²) < 4.78 is 17.0. The van der Waals surface area contributed by atoms with Gasteiger partial charge in [-0.25, -0.2) is 9.59 Å². The Bertz CT molecular complexity index is 2010. The maximum atomic E-state index is 13.0. The topological polar surface area (TPSA) is 98.9 Å². The number of benzene rings is 5. The van der Waals surface area contributed by atoms with Gasteiger partial charge in [0.05, 0.1) is 34.8 Å². The van der Waals surface area contributed by atoms with Gasteiger partial charge in [0.25, 0.3) is 0 Å². The van der Waals surface area contributed by atoms with Crippen LogP contribution in [0.1, 0.15) is 123 Å². The van der Waals surface area contributed by atoms with Gasteiger partial charge in [-0.3, -0.25) is 4.99 Å². The first-order chi connectivity index (χ1) is 28.0. The lowest BCUT2D eigenvalue weighted by molar-refractivity contribution is 0.0725. The zero-order valence-corrected chi connectivity index (χ0v) is 33.4. The fourth-order valence-electron chi connectivity index (χ4n) is 6.11. The van der Waals surface area contributed by atoms with E-state index in [1.807, 2.05) is 12.1 Å². The van der Waals surface area contributed by atoms with Crippen LogP contribution in [0.2, 0.25) is 0 Å². The summed E-state index contributed by atoms with van der Waals surface area (Å²) in [5.74, 6) is 0.622. The zero-order chi connectivity index (χ0) is 39.9. The van der Waals surface area contributed by atoms with Crippen LogP contribution in [0.3, 0.4) is 0 Å². The molecule has 0 aliphatic rings. The molecule has 0 amide bonds. The van der Waals surface area contributed by atoms with E-state index in [2.05, 4.69) is 41.2 Å². The molecule has 0 heterocycles. The van der Waals surface area contributed by atoms with Gasteiger partial charge < -0.3 is 14.2 Å². The van der Waals surface area contributed by atoms with Crippen LogP contribution < -0.4 is 14.2 Å². The van der Waals surface area contributed by atoms with Crippen molar-refractivity contribution in [1.29, 1.82) is 0 Å². The van der Waals surface area contributed by atoms with Gasteiger partial charge in [-0.05, 0) is 134 Å². The molecule has 296 valence electrons. The van der Waals surface area contributed by atoms with E-state index in [1.54, 1.807) is 103 Å². The van der Waals surface area contributed by atoms with Gasteiger partial charge in [0.15, 0.2) is 0 Å². The van der Waals surface area contributed by atoms with E-state index < -0.39 is 11.9 Å². The third-order valence-electron chi connectivity index (χ3n) is 9.48. The van der Waals surface area contributed by atoms with Gasteiger partial charge in [-0.1, -0.05) is 96.3 Å². The average molecular weight is 766 g/mol. The highest BCUT2D eigenvalue weighted by molar-refractivity contribution is 5.93. The molecule has 0 spiro atoms. The minimum absolute atomic E-state index is 0.369. The number of hydrogen-bond acceptors (Lipinski definition) is 8. The van der Waals surface area contributed by atoms with Gasteiger partial charge in [0.2, 0.25) is 0 Å². The summed E-state index contributed by atoms with van der Waals surface area (Å²) in [4.78, 5) is 30.2. The Labute approximate surface area is 338 Å². The van der Waals surface area contributed by atoms with Gasteiger partial charge >= 0.3 is 11.9 Å². The molecule has 0 atom stereocenters. The van der Waals surface area contributed by atoms with Crippen molar-refractivity contribution in [3.05, 3.63) is 144 Å². The van der Waals surface area contributed by atoms with Crippen molar-refractivity contribution in [2.75, 3.05) is 6.61 Å². The van der Waals surface area contributed by atoms with Gasteiger partial charge in [-0.15, -0.1) is 0 Å². The highest BCUT2D eigenvalue weighted by Gasteiger charge is 2.11. The molecule has 0 unspecified atom stereocenters. The number of carbonyl (C=O) groups excluding carboxylic acids is 2. The van der Waals surface area contributed by atoms with Crippen LogP contribution >= 0.6 is 0 Å². The van der Waals surface area contributed by atoms with Crippen LogP contribution in [0, 0.1) is 0 Å². The number of esters is 2. The molecule has 0 N–H and O–H groups in total. The van der Waals surface area contributed by atoms with Gasteiger partial charge in [0.1, 0.15) is 17.2 Å². The smallest absolute Gasteiger partial charge is 0.343 e. The number of rotatable bonds is 23. The molecule has 57 heavy (non-hydrogen) atoms. The number of unbranched alkanes of at least 4 members (excludes halogenated alkanes) is 10. The molecule has 0 aromatic heterocycles. The first-order valence-electron chi connectivity index (χ1n) is 20.5. The number of azo groups is 1. The van der Waals surface area contributed by atoms with E-state index in [-0.39, 0.29) is 0 Å². The molecule has 8 nitrogen and oxygen atoms in total. The van der Waals surface area contributed by atoms with E-state index in [0.29, 0.717) is 40.6 Å². The largest absolute Gasteiger partial charge is 0.494 e. The van der Waals surface area contributed by atoms with Crippen LogP contribution in [0.25, 0.3) is 0 Å². The first kappa shape index (κ1) is 42.3. The minimum Gasteiger partial charge on any atom is -0.494 e. The summed E-state index contributed by atoms with van der Waals surface area (Å²) in [6.45, 7) is 5.13. The second kappa shape index (κ2) is 23.9. The van der Waals surface area contributed by atoms with Crippen molar-refractivity contribution in [2.45, 2.75) is 97.3 Å². The summed E-state index contributed by atoms with van der Waals surface area (Å²) in [5.41, 5.74) is 4.97. The predicted molar refractivity (Wildman–Crippen MR) is 230 cm³/mol. The highest BCUT2D eigenvalue weighted by atomic mass is 16.5. The second-order valence-electron chi connectivity index (χ2n) is 14.2. The monoisotopic (exact) mass is 765 g/mol. The van der Waals surface area contributed by atoms with Crippen molar-refractivity contribution >= 4 is 35.2 Å². The second-order valence-corrected chi connectivity index (χ2v) is 14.2. The molecule has 0 saturated heterocycles. The molecule has 5 aromatic rings. The molecule has 0 saturated carbocycles. The van der Waals surface area contributed by atoms with Crippen LogP contribution in [0.5, 0.6) is 17.2 Å². The lowest BCUT2D eigenvalue weighted by atomic mass is 10.0. The van der Waals surface area contributed by atoms with Crippen LogP contribution in [0.4, 0.5) is 17.1 Å². The SMILES string of the molecule is CCCCCCCCOc1ccc(C(=O)Oc2ccc(C=Nc3cccc(C(=O)Oc4ccc(N=Nc5ccc(CCCCCCCC)cc5)cc4)c3)cc2)cc1. The lowest BCUT2D eigenvalue weighted by Crippen LogP contribution is -2.08. The molecular formula is C49H55N3O5. The van der Waals surface area contributed by atoms with Crippen molar-refractivity contribution in [3.8, 4) is 17.2 Å². The fourth-order valence-corrected chi connectivity index (χ4v) is 6.11. The number of nitrogens with zero attached hydrogens (tertiary/aromatic N) is 3. The number of aryl methyl sites for hydroxylation is 1. The Kier molecular flexibility index (Phi) is 17.7. The van der Waals surface area contributed by atoms with Crippen molar-refractivity contribution < 1.29 is 23.8 Å². The Morgan fingerprint density at radius 1 is 0.509 bits per heavy atom. The minimum atomic E-state index is -0.496. The van der Waals surface area contributed by atoms with Crippen molar-refractivity contribution in [1.82, 2.24) is 0 Å². The number of carbonyl (C=O) groups is 2. The Morgan fingerprint density at radius 3 is 1.67 bits per heavy atom. The van der Waals surface area contributed by atoms with E-state index in [9.17, 15) is 9.59 Å². The molecule has 0 aliphatic heterocycles. The summed E-state index contributed by atoms with van der Waals surface area (Å²) in [6, 6.07) is 36.1. The third-order valence-corrected chi connectivity index (χ3v) is 9.48. The zero-order valence-electron chi connectivity index (χ0n) is 33.4. The summed E-state index contributed by atoms with van der Waals surface area (Å²) in [5, 5.41) is 8.70. The van der Waals surface area contributed by atoms with E-state index in [4.69, 9.17) is 14.2 Å². The van der Waals surface area contributed by atoms with Crippen LogP contribution in [-0.2, 0) is 6.42 Å². The average Bonchev–Trinajstić information content (AvgIpc) is 3.25. The molecule has 5 aromatic carbocycles. The number of aliphatic imine (C=N–C) groups is 1. The molecule has 0 aliphatic carbocycles. The lowest BCUT2D eigenvalue weighted by Gasteiger charge is -2.08. The van der Waals surface area contributed by atoms with Crippen molar-refractivity contribution in [3.63, 3.8) is 0 Å². The maximum absolute atomic E-state index is 13.0. The van der Waals surface area contributed by atoms with Gasteiger partial charge in [-0.2, -0.15) is 10.2 Å². The third kappa shape index (κ3) is 15.3. The molecule has 0 bridgehead atoms. The van der Waals surface area contributed by atoms with E-state index in [0.717, 1.165) is 29.8 Å². The van der Waals surface area contributed by atoms with Crippen molar-refractivity contribution in [2.24, 2.45) is 15.2 Å². The standard InChI is InChI=1S/C49H55N3O5/c1-3-5-7-9-11-13-16-38-19-25-42(26-20-38)51-52-43-27-33-47(34-28-43)57-49(54)41-17-15-18-44(36-41)50-37-39-21-29-46(30-22-39)56-48(53)40-23-31-45(32-24-40)55-35-14-12-10-8-6-4-2/h15,17-34,36-37H,3-14,16,35H2,1-2H3. The normalized spacial score (nSPS) is 11.3. The molecule has 8 heteroatoms. The quantitative estimate of drug-likeness (QED) is 0.0217. The Morgan fingerprint density at radius 2 is 1.04 bits per heavy atom. The summed E-state index contributed by atoms with van der Waals surface area (Å²) in [7, 11) is 0. The number of ether oxygens (including phenoxy) is 3. The van der Waals surface area contributed by atoms with Crippen LogP contribution in [-0.4, -0.2) is 24.8 Å². The number of hydrogen-bond donors (Lipinski definition) is 0. The summed E-state index contributed by atoms with van der Waals surface area (Å²) >= 11 is 0.